The lowest BCUT2D eigenvalue weighted by Gasteiger charge is -2.30. The van der Waals surface area contributed by atoms with E-state index in [1.54, 1.807) is 7.11 Å². The van der Waals surface area contributed by atoms with Crippen LogP contribution in [0.4, 0.5) is 0 Å². The normalized spacial score (nSPS) is 24.4. The zero-order valence-corrected chi connectivity index (χ0v) is 10.2. The van der Waals surface area contributed by atoms with Gasteiger partial charge in [0.2, 0.25) is 0 Å². The lowest BCUT2D eigenvalue weighted by molar-refractivity contribution is 0.0615. The number of rotatable bonds is 6. The first-order valence-electron chi connectivity index (χ1n) is 5.74. The lowest BCUT2D eigenvalue weighted by atomic mass is 10.1. The fourth-order valence-electron chi connectivity index (χ4n) is 1.82. The molecule has 1 aliphatic heterocycles. The third-order valence-electron chi connectivity index (χ3n) is 3.02. The van der Waals surface area contributed by atoms with Crippen molar-refractivity contribution in [2.75, 3.05) is 47.1 Å². The van der Waals surface area contributed by atoms with E-state index in [0.29, 0.717) is 12.1 Å². The average molecular weight is 216 g/mol. The Morgan fingerprint density at radius 1 is 1.60 bits per heavy atom. The molecule has 0 aromatic heterocycles. The minimum atomic E-state index is 0.513. The topological polar surface area (TPSA) is 33.7 Å². The van der Waals surface area contributed by atoms with Gasteiger partial charge in [-0.25, -0.2) is 0 Å². The van der Waals surface area contributed by atoms with Gasteiger partial charge in [-0.2, -0.15) is 0 Å². The SMILES string of the molecule is COCCN(C)C(C)CC1COCCN1. The first-order valence-corrected chi connectivity index (χ1v) is 5.74. The van der Waals surface area contributed by atoms with E-state index in [9.17, 15) is 0 Å². The quantitative estimate of drug-likeness (QED) is 0.694. The fraction of sp³-hybridized carbons (Fsp3) is 1.00. The summed E-state index contributed by atoms with van der Waals surface area (Å²) in [4.78, 5) is 2.33. The van der Waals surface area contributed by atoms with E-state index in [-0.39, 0.29) is 0 Å². The zero-order valence-electron chi connectivity index (χ0n) is 10.2. The molecule has 90 valence electrons. The van der Waals surface area contributed by atoms with Crippen molar-refractivity contribution in [2.45, 2.75) is 25.4 Å². The van der Waals surface area contributed by atoms with Crippen molar-refractivity contribution in [2.24, 2.45) is 0 Å². The summed E-state index contributed by atoms with van der Waals surface area (Å²) in [6, 6.07) is 1.08. The van der Waals surface area contributed by atoms with Crippen molar-refractivity contribution < 1.29 is 9.47 Å². The predicted molar refractivity (Wildman–Crippen MR) is 61.2 cm³/mol. The highest BCUT2D eigenvalue weighted by Crippen LogP contribution is 2.07. The molecule has 15 heavy (non-hydrogen) atoms. The Balaban J connectivity index is 2.17. The van der Waals surface area contributed by atoms with Gasteiger partial charge < -0.3 is 19.7 Å². The molecular formula is C11H24N2O2. The molecule has 0 aromatic rings. The van der Waals surface area contributed by atoms with Crippen molar-refractivity contribution in [3.05, 3.63) is 0 Å². The van der Waals surface area contributed by atoms with Gasteiger partial charge in [0.1, 0.15) is 0 Å². The Bertz CT molecular complexity index is 161. The monoisotopic (exact) mass is 216 g/mol. The molecule has 0 spiro atoms. The summed E-state index contributed by atoms with van der Waals surface area (Å²) in [5.74, 6) is 0. The van der Waals surface area contributed by atoms with Crippen LogP contribution in [0.5, 0.6) is 0 Å². The van der Waals surface area contributed by atoms with Crippen LogP contribution in [0.1, 0.15) is 13.3 Å². The van der Waals surface area contributed by atoms with Crippen molar-refractivity contribution in [3.63, 3.8) is 0 Å². The maximum atomic E-state index is 5.44. The maximum absolute atomic E-state index is 5.44. The molecule has 0 saturated carbocycles. The largest absolute Gasteiger partial charge is 0.383 e. The number of nitrogens with one attached hydrogen (secondary N) is 1. The minimum Gasteiger partial charge on any atom is -0.383 e. The highest BCUT2D eigenvalue weighted by molar-refractivity contribution is 4.76. The van der Waals surface area contributed by atoms with Crippen LogP contribution in [-0.4, -0.2) is 64.1 Å². The summed E-state index contributed by atoms with van der Waals surface area (Å²) in [6.07, 6.45) is 1.14. The van der Waals surface area contributed by atoms with Gasteiger partial charge in [-0.1, -0.05) is 0 Å². The molecule has 1 aliphatic rings. The number of nitrogens with zero attached hydrogens (tertiary/aromatic N) is 1. The molecule has 0 radical (unpaired) electrons. The predicted octanol–water partition coefficient (Wildman–Crippen LogP) is 0.332. The van der Waals surface area contributed by atoms with E-state index in [1.807, 2.05) is 0 Å². The molecule has 1 N–H and O–H groups in total. The Hall–Kier alpha value is -0.160. The molecule has 1 heterocycles. The minimum absolute atomic E-state index is 0.513. The molecule has 1 saturated heterocycles. The molecule has 0 aliphatic carbocycles. The summed E-state index contributed by atoms with van der Waals surface area (Å²) in [7, 11) is 3.89. The molecule has 2 atom stereocenters. The second kappa shape index (κ2) is 7.17. The van der Waals surface area contributed by atoms with Gasteiger partial charge in [0.25, 0.3) is 0 Å². The second-order valence-electron chi connectivity index (χ2n) is 4.28. The molecule has 4 nitrogen and oxygen atoms in total. The van der Waals surface area contributed by atoms with E-state index >= 15 is 0 Å². The summed E-state index contributed by atoms with van der Waals surface area (Å²) >= 11 is 0. The lowest BCUT2D eigenvalue weighted by Crippen LogP contribution is -2.45. The van der Waals surface area contributed by atoms with Crippen LogP contribution in [-0.2, 0) is 9.47 Å². The van der Waals surface area contributed by atoms with E-state index < -0.39 is 0 Å². The maximum Gasteiger partial charge on any atom is 0.0620 e. The van der Waals surface area contributed by atoms with Crippen LogP contribution in [0.3, 0.4) is 0 Å². The summed E-state index contributed by atoms with van der Waals surface area (Å²) in [6.45, 7) is 6.73. The third-order valence-corrected chi connectivity index (χ3v) is 3.02. The standard InChI is InChI=1S/C11H24N2O2/c1-10(13(2)5-7-14-3)8-11-9-15-6-4-12-11/h10-12H,4-9H2,1-3H3. The molecule has 0 amide bonds. The van der Waals surface area contributed by atoms with Crippen LogP contribution in [0.15, 0.2) is 0 Å². The summed E-state index contributed by atoms with van der Waals surface area (Å²) < 4.78 is 10.5. The Labute approximate surface area is 92.9 Å². The van der Waals surface area contributed by atoms with Crippen molar-refractivity contribution in [1.29, 1.82) is 0 Å². The van der Waals surface area contributed by atoms with Gasteiger partial charge in [0.05, 0.1) is 19.8 Å². The van der Waals surface area contributed by atoms with Gasteiger partial charge >= 0.3 is 0 Å². The van der Waals surface area contributed by atoms with E-state index in [1.165, 1.54) is 0 Å². The van der Waals surface area contributed by atoms with Gasteiger partial charge in [0, 0.05) is 32.3 Å². The number of morpholine rings is 1. The van der Waals surface area contributed by atoms with E-state index in [4.69, 9.17) is 9.47 Å². The summed E-state index contributed by atoms with van der Waals surface area (Å²) in [5, 5.41) is 3.48. The molecule has 4 heteroatoms. The number of hydrogen-bond donors (Lipinski definition) is 1. The van der Waals surface area contributed by atoms with Gasteiger partial charge in [-0.05, 0) is 20.4 Å². The van der Waals surface area contributed by atoms with Crippen molar-refractivity contribution in [3.8, 4) is 0 Å². The second-order valence-corrected chi connectivity index (χ2v) is 4.28. The van der Waals surface area contributed by atoms with E-state index in [2.05, 4.69) is 24.2 Å². The van der Waals surface area contributed by atoms with Crippen LogP contribution in [0.2, 0.25) is 0 Å². The highest BCUT2D eigenvalue weighted by atomic mass is 16.5. The van der Waals surface area contributed by atoms with Crippen LogP contribution in [0, 0.1) is 0 Å². The van der Waals surface area contributed by atoms with Crippen molar-refractivity contribution >= 4 is 0 Å². The van der Waals surface area contributed by atoms with Crippen LogP contribution in [0.25, 0.3) is 0 Å². The van der Waals surface area contributed by atoms with Gasteiger partial charge in [-0.3, -0.25) is 0 Å². The fourth-order valence-corrected chi connectivity index (χ4v) is 1.82. The van der Waals surface area contributed by atoms with Gasteiger partial charge in [0.15, 0.2) is 0 Å². The van der Waals surface area contributed by atoms with Gasteiger partial charge in [-0.15, -0.1) is 0 Å². The van der Waals surface area contributed by atoms with Crippen LogP contribution >= 0.6 is 0 Å². The zero-order chi connectivity index (χ0) is 11.1. The molecule has 0 bridgehead atoms. The third kappa shape index (κ3) is 4.93. The summed E-state index contributed by atoms with van der Waals surface area (Å²) in [5.41, 5.74) is 0. The average Bonchev–Trinajstić information content (AvgIpc) is 2.27. The number of likely N-dealkylation sites (N-methyl/N-ethyl adjacent to an activating group) is 1. The molecule has 0 aromatic carbocycles. The van der Waals surface area contributed by atoms with Crippen molar-refractivity contribution in [1.82, 2.24) is 10.2 Å². The number of hydrogen-bond acceptors (Lipinski definition) is 4. The Kier molecular flexibility index (Phi) is 6.17. The molecular weight excluding hydrogens is 192 g/mol. The molecule has 2 unspecified atom stereocenters. The molecule has 1 fully saturated rings. The van der Waals surface area contributed by atoms with Crippen LogP contribution < -0.4 is 5.32 Å². The highest BCUT2D eigenvalue weighted by Gasteiger charge is 2.18. The Morgan fingerprint density at radius 2 is 2.40 bits per heavy atom. The molecule has 1 rings (SSSR count). The smallest absolute Gasteiger partial charge is 0.0620 e. The Morgan fingerprint density at radius 3 is 3.00 bits per heavy atom. The first kappa shape index (κ1) is 12.9. The number of methoxy groups -OCH3 is 1. The first-order chi connectivity index (χ1) is 7.24. The van der Waals surface area contributed by atoms with E-state index in [0.717, 1.165) is 39.3 Å². The number of ether oxygens (including phenoxy) is 2.